The molecule has 0 spiro atoms. The summed E-state index contributed by atoms with van der Waals surface area (Å²) in [7, 11) is 7.93. The van der Waals surface area contributed by atoms with Crippen LogP contribution in [-0.2, 0) is 13.1 Å². The molecule has 1 saturated heterocycles. The van der Waals surface area contributed by atoms with Crippen LogP contribution in [0.2, 0.25) is 5.02 Å². The molecule has 1 aromatic carbocycles. The molecule has 1 fully saturated rings. The number of nitrogens with one attached hydrogen (secondary N) is 2. The second-order valence-electron chi connectivity index (χ2n) is 7.32. The highest BCUT2D eigenvalue weighted by Crippen LogP contribution is 2.28. The summed E-state index contributed by atoms with van der Waals surface area (Å²) in [5, 5.41) is 10.6. The Hall–Kier alpha value is -1.30. The molecular formula is C20H31ClIN7S. The van der Waals surface area contributed by atoms with E-state index in [-0.39, 0.29) is 24.0 Å². The zero-order valence-electron chi connectivity index (χ0n) is 18.0. The lowest BCUT2D eigenvalue weighted by molar-refractivity contribution is 0.312. The number of guanidine groups is 1. The average molecular weight is 564 g/mol. The number of halogens is 2. The first-order chi connectivity index (χ1) is 14.0. The van der Waals surface area contributed by atoms with Gasteiger partial charge in [-0.2, -0.15) is 0 Å². The number of thiazole rings is 1. The molecule has 0 atom stereocenters. The summed E-state index contributed by atoms with van der Waals surface area (Å²) in [6.07, 6.45) is 0. The lowest BCUT2D eigenvalue weighted by atomic mass is 10.1. The Kier molecular flexibility index (Phi) is 9.92. The highest BCUT2D eigenvalue weighted by Gasteiger charge is 2.18. The summed E-state index contributed by atoms with van der Waals surface area (Å²) < 4.78 is 0. The van der Waals surface area contributed by atoms with Crippen LogP contribution in [0.15, 0.2) is 28.6 Å². The number of piperazine rings is 1. The Morgan fingerprint density at radius 3 is 2.53 bits per heavy atom. The molecule has 2 aromatic rings. The van der Waals surface area contributed by atoms with Gasteiger partial charge in [-0.05, 0) is 19.2 Å². The highest BCUT2D eigenvalue weighted by molar-refractivity contribution is 14.0. The maximum atomic E-state index is 6.56. The minimum atomic E-state index is 0. The van der Waals surface area contributed by atoms with E-state index in [1.165, 1.54) is 5.69 Å². The minimum Gasteiger partial charge on any atom is -0.369 e. The zero-order valence-corrected chi connectivity index (χ0v) is 21.9. The van der Waals surface area contributed by atoms with Crippen LogP contribution in [0, 0.1) is 0 Å². The highest BCUT2D eigenvalue weighted by atomic mass is 127. The van der Waals surface area contributed by atoms with Crippen molar-refractivity contribution in [3.8, 4) is 0 Å². The van der Waals surface area contributed by atoms with Crippen LogP contribution in [0.3, 0.4) is 0 Å². The predicted molar refractivity (Wildman–Crippen MR) is 140 cm³/mol. The van der Waals surface area contributed by atoms with Crippen molar-refractivity contribution in [1.29, 1.82) is 0 Å². The molecule has 0 amide bonds. The number of benzene rings is 1. The van der Waals surface area contributed by atoms with E-state index in [0.717, 1.165) is 53.6 Å². The van der Waals surface area contributed by atoms with Crippen LogP contribution in [0.1, 0.15) is 11.3 Å². The average Bonchev–Trinajstić information content (AvgIpc) is 3.19. The third-order valence-corrected chi connectivity index (χ3v) is 6.36. The topological polar surface area (TPSA) is 59.0 Å². The van der Waals surface area contributed by atoms with Crippen molar-refractivity contribution >= 4 is 63.7 Å². The maximum absolute atomic E-state index is 6.56. The van der Waals surface area contributed by atoms with Crippen LogP contribution in [0.4, 0.5) is 10.8 Å². The maximum Gasteiger partial charge on any atom is 0.191 e. The summed E-state index contributed by atoms with van der Waals surface area (Å²) >= 11 is 8.19. The van der Waals surface area contributed by atoms with E-state index in [0.29, 0.717) is 13.1 Å². The number of anilines is 2. The summed E-state index contributed by atoms with van der Waals surface area (Å²) in [5.41, 5.74) is 3.30. The minimum absolute atomic E-state index is 0. The van der Waals surface area contributed by atoms with Crippen molar-refractivity contribution in [3.63, 3.8) is 0 Å². The lowest BCUT2D eigenvalue weighted by Crippen LogP contribution is -2.45. The Bertz CT molecular complexity index is 834. The van der Waals surface area contributed by atoms with Gasteiger partial charge < -0.3 is 25.3 Å². The van der Waals surface area contributed by atoms with Crippen LogP contribution < -0.4 is 20.4 Å². The van der Waals surface area contributed by atoms with Crippen LogP contribution in [-0.4, -0.2) is 70.2 Å². The van der Waals surface area contributed by atoms with Crippen LogP contribution in [0.5, 0.6) is 0 Å². The van der Waals surface area contributed by atoms with E-state index in [4.69, 9.17) is 11.6 Å². The SMILES string of the molecule is CN=C(NCc1csc(N(C)C)n1)NCc1c(Cl)cccc1N1CCN(C)CC1.I. The molecule has 0 aliphatic carbocycles. The standard InChI is InChI=1S/C20H30ClN7S.HI/c1-22-19(23-12-15-14-29-20(25-15)26(2)3)24-13-16-17(21)6-5-7-18(16)28-10-8-27(4)9-11-28;/h5-7,14H,8-13H2,1-4H3,(H2,22,23,24);1H. The van der Waals surface area contributed by atoms with Gasteiger partial charge in [-0.3, -0.25) is 4.99 Å². The van der Waals surface area contributed by atoms with E-state index in [2.05, 4.69) is 48.9 Å². The molecule has 0 saturated carbocycles. The van der Waals surface area contributed by atoms with E-state index in [9.17, 15) is 0 Å². The second kappa shape index (κ2) is 11.9. The molecule has 3 rings (SSSR count). The molecule has 2 heterocycles. The van der Waals surface area contributed by atoms with Crippen molar-refractivity contribution < 1.29 is 0 Å². The van der Waals surface area contributed by atoms with Crippen molar-refractivity contribution in [2.45, 2.75) is 13.1 Å². The molecule has 0 bridgehead atoms. The van der Waals surface area contributed by atoms with Gasteiger partial charge in [0.2, 0.25) is 0 Å². The number of aromatic nitrogens is 1. The van der Waals surface area contributed by atoms with Gasteiger partial charge in [0.05, 0.1) is 12.2 Å². The molecule has 1 aliphatic rings. The summed E-state index contributed by atoms with van der Waals surface area (Å²) in [6.45, 7) is 5.37. The number of nitrogens with zero attached hydrogens (tertiary/aromatic N) is 5. The van der Waals surface area contributed by atoms with Gasteiger partial charge in [-0.25, -0.2) is 4.98 Å². The predicted octanol–water partition coefficient (Wildman–Crippen LogP) is 3.10. The normalized spacial score (nSPS) is 15.0. The lowest BCUT2D eigenvalue weighted by Gasteiger charge is -2.35. The Morgan fingerprint density at radius 1 is 1.20 bits per heavy atom. The van der Waals surface area contributed by atoms with Gasteiger partial charge in [-0.1, -0.05) is 17.7 Å². The molecule has 2 N–H and O–H groups in total. The van der Waals surface area contributed by atoms with E-state index in [1.807, 2.05) is 31.1 Å². The van der Waals surface area contributed by atoms with Crippen LogP contribution in [0.25, 0.3) is 0 Å². The number of hydrogen-bond acceptors (Lipinski definition) is 6. The molecule has 0 unspecified atom stereocenters. The van der Waals surface area contributed by atoms with Crippen molar-refractivity contribution in [2.24, 2.45) is 4.99 Å². The number of hydrogen-bond donors (Lipinski definition) is 2. The molecule has 7 nitrogen and oxygen atoms in total. The molecule has 1 aromatic heterocycles. The summed E-state index contributed by atoms with van der Waals surface area (Å²) in [5.74, 6) is 0.730. The van der Waals surface area contributed by atoms with Crippen molar-refractivity contribution in [2.75, 3.05) is 64.2 Å². The van der Waals surface area contributed by atoms with Crippen molar-refractivity contribution in [1.82, 2.24) is 20.5 Å². The Morgan fingerprint density at radius 2 is 1.90 bits per heavy atom. The van der Waals surface area contributed by atoms with E-state index in [1.54, 1.807) is 18.4 Å². The smallest absolute Gasteiger partial charge is 0.191 e. The first-order valence-corrected chi connectivity index (χ1v) is 11.0. The fourth-order valence-electron chi connectivity index (χ4n) is 3.22. The van der Waals surface area contributed by atoms with Gasteiger partial charge >= 0.3 is 0 Å². The first kappa shape index (κ1) is 25.0. The fourth-order valence-corrected chi connectivity index (χ4v) is 4.21. The summed E-state index contributed by atoms with van der Waals surface area (Å²) in [6, 6.07) is 6.13. The fraction of sp³-hybridized carbons (Fsp3) is 0.500. The number of aliphatic imine (C=N–C) groups is 1. The number of rotatable bonds is 6. The van der Waals surface area contributed by atoms with E-state index < -0.39 is 0 Å². The molecule has 1 aliphatic heterocycles. The summed E-state index contributed by atoms with van der Waals surface area (Å²) in [4.78, 5) is 15.7. The Labute approximate surface area is 205 Å². The quantitative estimate of drug-likeness (QED) is 0.320. The van der Waals surface area contributed by atoms with Gasteiger partial charge in [0.15, 0.2) is 11.1 Å². The van der Waals surface area contributed by atoms with Crippen molar-refractivity contribution in [3.05, 3.63) is 39.9 Å². The van der Waals surface area contributed by atoms with E-state index >= 15 is 0 Å². The zero-order chi connectivity index (χ0) is 20.8. The van der Waals surface area contributed by atoms with Gasteiger partial charge in [-0.15, -0.1) is 35.3 Å². The Balaban J connectivity index is 0.00000320. The van der Waals surface area contributed by atoms with Gasteiger partial charge in [0.1, 0.15) is 0 Å². The molecule has 30 heavy (non-hydrogen) atoms. The third kappa shape index (κ3) is 6.60. The van der Waals surface area contributed by atoms with Crippen LogP contribution >= 0.6 is 46.9 Å². The molecular weight excluding hydrogens is 533 g/mol. The monoisotopic (exact) mass is 563 g/mol. The number of likely N-dealkylation sites (N-methyl/N-ethyl adjacent to an activating group) is 1. The van der Waals surface area contributed by atoms with Gasteiger partial charge in [0.25, 0.3) is 0 Å². The van der Waals surface area contributed by atoms with Gasteiger partial charge in [0, 0.05) is 75.5 Å². The second-order valence-corrected chi connectivity index (χ2v) is 8.57. The third-order valence-electron chi connectivity index (χ3n) is 4.95. The molecule has 10 heteroatoms. The first-order valence-electron chi connectivity index (χ1n) is 9.75. The molecule has 166 valence electrons. The molecule has 0 radical (unpaired) electrons. The largest absolute Gasteiger partial charge is 0.369 e.